The van der Waals surface area contributed by atoms with Gasteiger partial charge in [0.25, 0.3) is 0 Å². The lowest BCUT2D eigenvalue weighted by atomic mass is 10.0. The minimum atomic E-state index is -0.462. The number of aromatic nitrogens is 1. The largest absolute Gasteiger partial charge is 0.491 e. The molecular formula is C16H18N2O2. The van der Waals surface area contributed by atoms with E-state index in [1.54, 1.807) is 24.4 Å². The van der Waals surface area contributed by atoms with Crippen molar-refractivity contribution >= 4 is 5.78 Å². The molecule has 4 nitrogen and oxygen atoms in total. The molecule has 0 spiro atoms. The lowest BCUT2D eigenvalue weighted by Crippen LogP contribution is -2.38. The van der Waals surface area contributed by atoms with Gasteiger partial charge in [0, 0.05) is 23.5 Å². The molecule has 0 bridgehead atoms. The van der Waals surface area contributed by atoms with Crippen molar-refractivity contribution in [3.8, 4) is 5.75 Å². The van der Waals surface area contributed by atoms with Crippen LogP contribution in [0.2, 0.25) is 0 Å². The van der Waals surface area contributed by atoms with Gasteiger partial charge in [-0.05, 0) is 19.9 Å². The van der Waals surface area contributed by atoms with E-state index in [0.717, 1.165) is 0 Å². The first-order valence-electron chi connectivity index (χ1n) is 6.43. The third-order valence-corrected chi connectivity index (χ3v) is 2.66. The first kappa shape index (κ1) is 14.2. The lowest BCUT2D eigenvalue weighted by Gasteiger charge is -2.20. The van der Waals surface area contributed by atoms with Crippen molar-refractivity contribution in [3.63, 3.8) is 0 Å². The number of nitrogens with two attached hydrogens (primary N) is 1. The van der Waals surface area contributed by atoms with Crippen LogP contribution < -0.4 is 10.5 Å². The zero-order valence-electron chi connectivity index (χ0n) is 11.7. The number of hydrogen-bond acceptors (Lipinski definition) is 4. The molecule has 0 aliphatic rings. The van der Waals surface area contributed by atoms with Crippen molar-refractivity contribution in [3.05, 3.63) is 59.9 Å². The average Bonchev–Trinajstić information content (AvgIpc) is 2.45. The standard InChI is InChI=1S/C16H18N2O2/c1-16(2,17)11-20-14-8-9-18-10-13(14)15(19)12-6-4-3-5-7-12/h3-10H,11,17H2,1-2H3. The maximum Gasteiger partial charge on any atom is 0.198 e. The Morgan fingerprint density at radius 1 is 1.25 bits per heavy atom. The molecule has 0 aliphatic heterocycles. The van der Waals surface area contributed by atoms with Gasteiger partial charge in [-0.1, -0.05) is 30.3 Å². The number of carbonyl (C=O) groups is 1. The van der Waals surface area contributed by atoms with Gasteiger partial charge in [-0.3, -0.25) is 9.78 Å². The van der Waals surface area contributed by atoms with Crippen molar-refractivity contribution < 1.29 is 9.53 Å². The van der Waals surface area contributed by atoms with Crippen LogP contribution in [0.4, 0.5) is 0 Å². The van der Waals surface area contributed by atoms with Gasteiger partial charge in [0.05, 0.1) is 5.56 Å². The van der Waals surface area contributed by atoms with Gasteiger partial charge < -0.3 is 10.5 Å². The topological polar surface area (TPSA) is 65.2 Å². The van der Waals surface area contributed by atoms with Crippen LogP contribution >= 0.6 is 0 Å². The zero-order valence-corrected chi connectivity index (χ0v) is 11.7. The van der Waals surface area contributed by atoms with E-state index in [1.807, 2.05) is 32.0 Å². The van der Waals surface area contributed by atoms with E-state index in [0.29, 0.717) is 23.5 Å². The molecule has 0 atom stereocenters. The van der Waals surface area contributed by atoms with Crippen LogP contribution in [0.3, 0.4) is 0 Å². The number of ether oxygens (including phenoxy) is 1. The molecule has 20 heavy (non-hydrogen) atoms. The summed E-state index contributed by atoms with van der Waals surface area (Å²) in [7, 11) is 0. The molecule has 1 aromatic carbocycles. The minimum absolute atomic E-state index is 0.108. The molecule has 2 N–H and O–H groups in total. The summed E-state index contributed by atoms with van der Waals surface area (Å²) in [6, 6.07) is 10.7. The smallest absolute Gasteiger partial charge is 0.198 e. The highest BCUT2D eigenvalue weighted by Crippen LogP contribution is 2.21. The number of pyridine rings is 1. The number of nitrogens with zero attached hydrogens (tertiary/aromatic N) is 1. The summed E-state index contributed by atoms with van der Waals surface area (Å²) in [5.41, 5.74) is 6.49. The zero-order chi connectivity index (χ0) is 14.6. The molecule has 104 valence electrons. The van der Waals surface area contributed by atoms with Gasteiger partial charge in [-0.2, -0.15) is 0 Å². The third-order valence-electron chi connectivity index (χ3n) is 2.66. The number of benzene rings is 1. The van der Waals surface area contributed by atoms with E-state index in [-0.39, 0.29) is 5.78 Å². The van der Waals surface area contributed by atoms with Crippen LogP contribution in [0.1, 0.15) is 29.8 Å². The Balaban J connectivity index is 2.26. The molecule has 1 aromatic heterocycles. The first-order valence-corrected chi connectivity index (χ1v) is 6.43. The van der Waals surface area contributed by atoms with Gasteiger partial charge in [0.1, 0.15) is 12.4 Å². The molecule has 0 saturated carbocycles. The van der Waals surface area contributed by atoms with E-state index in [9.17, 15) is 4.79 Å². The highest BCUT2D eigenvalue weighted by atomic mass is 16.5. The summed E-state index contributed by atoms with van der Waals surface area (Å²) >= 11 is 0. The van der Waals surface area contributed by atoms with E-state index in [4.69, 9.17) is 10.5 Å². The SMILES string of the molecule is CC(C)(N)COc1ccncc1C(=O)c1ccccc1. The van der Waals surface area contributed by atoms with E-state index in [2.05, 4.69) is 4.98 Å². The molecule has 2 rings (SSSR count). The Labute approximate surface area is 118 Å². The second-order valence-corrected chi connectivity index (χ2v) is 5.34. The fourth-order valence-corrected chi connectivity index (χ4v) is 1.69. The number of carbonyl (C=O) groups excluding carboxylic acids is 1. The van der Waals surface area contributed by atoms with Gasteiger partial charge in [-0.15, -0.1) is 0 Å². The Kier molecular flexibility index (Phi) is 4.15. The van der Waals surface area contributed by atoms with Crippen LogP contribution in [0.5, 0.6) is 5.75 Å². The molecule has 0 saturated heterocycles. The fourth-order valence-electron chi connectivity index (χ4n) is 1.69. The van der Waals surface area contributed by atoms with Crippen molar-refractivity contribution in [2.45, 2.75) is 19.4 Å². The molecule has 2 aromatic rings. The van der Waals surface area contributed by atoms with Crippen LogP contribution in [-0.4, -0.2) is 22.9 Å². The fraction of sp³-hybridized carbons (Fsp3) is 0.250. The number of rotatable bonds is 5. The normalized spacial score (nSPS) is 11.2. The van der Waals surface area contributed by atoms with E-state index >= 15 is 0 Å². The monoisotopic (exact) mass is 270 g/mol. The molecule has 4 heteroatoms. The maximum absolute atomic E-state index is 12.4. The van der Waals surface area contributed by atoms with Crippen molar-refractivity contribution in [2.75, 3.05) is 6.61 Å². The Bertz CT molecular complexity index is 589. The molecular weight excluding hydrogens is 252 g/mol. The van der Waals surface area contributed by atoms with Crippen molar-refractivity contribution in [2.24, 2.45) is 5.73 Å². The summed E-state index contributed by atoms with van der Waals surface area (Å²) < 4.78 is 5.66. The molecule has 0 unspecified atom stereocenters. The first-order chi connectivity index (χ1) is 9.47. The molecule has 0 amide bonds. The van der Waals surface area contributed by atoms with Crippen LogP contribution in [0, 0.1) is 0 Å². The second-order valence-electron chi connectivity index (χ2n) is 5.34. The summed E-state index contributed by atoms with van der Waals surface area (Å²) in [5, 5.41) is 0. The predicted octanol–water partition coefficient (Wildman–Crippen LogP) is 2.43. The highest BCUT2D eigenvalue weighted by Gasteiger charge is 2.17. The lowest BCUT2D eigenvalue weighted by molar-refractivity contribution is 0.103. The maximum atomic E-state index is 12.4. The Morgan fingerprint density at radius 3 is 2.60 bits per heavy atom. The number of ketones is 1. The summed E-state index contributed by atoms with van der Waals surface area (Å²) in [6.45, 7) is 4.06. The molecule has 1 heterocycles. The minimum Gasteiger partial charge on any atom is -0.491 e. The van der Waals surface area contributed by atoms with Crippen LogP contribution in [0.15, 0.2) is 48.8 Å². The van der Waals surface area contributed by atoms with E-state index < -0.39 is 5.54 Å². The van der Waals surface area contributed by atoms with Gasteiger partial charge in [0.2, 0.25) is 0 Å². The molecule has 0 fully saturated rings. The van der Waals surface area contributed by atoms with Gasteiger partial charge >= 0.3 is 0 Å². The highest BCUT2D eigenvalue weighted by molar-refractivity contribution is 6.10. The predicted molar refractivity (Wildman–Crippen MR) is 77.9 cm³/mol. The van der Waals surface area contributed by atoms with Gasteiger partial charge in [-0.25, -0.2) is 0 Å². The quantitative estimate of drug-likeness (QED) is 0.847. The Morgan fingerprint density at radius 2 is 1.95 bits per heavy atom. The molecule has 0 aliphatic carbocycles. The molecule has 0 radical (unpaired) electrons. The summed E-state index contributed by atoms with van der Waals surface area (Å²) in [6.07, 6.45) is 3.12. The third kappa shape index (κ3) is 3.65. The van der Waals surface area contributed by atoms with Crippen LogP contribution in [0.25, 0.3) is 0 Å². The van der Waals surface area contributed by atoms with Crippen LogP contribution in [-0.2, 0) is 0 Å². The summed E-state index contributed by atoms with van der Waals surface area (Å²) in [4.78, 5) is 16.4. The van der Waals surface area contributed by atoms with Crippen molar-refractivity contribution in [1.82, 2.24) is 4.98 Å². The Hall–Kier alpha value is -2.20. The average molecular weight is 270 g/mol. The summed E-state index contributed by atoms with van der Waals surface area (Å²) in [5.74, 6) is 0.399. The van der Waals surface area contributed by atoms with E-state index in [1.165, 1.54) is 6.20 Å². The number of hydrogen-bond donors (Lipinski definition) is 1. The second kappa shape index (κ2) is 5.84. The van der Waals surface area contributed by atoms with Crippen molar-refractivity contribution in [1.29, 1.82) is 0 Å². The van der Waals surface area contributed by atoms with Gasteiger partial charge in [0.15, 0.2) is 5.78 Å².